The third-order valence-corrected chi connectivity index (χ3v) is 8.47. The third-order valence-electron chi connectivity index (χ3n) is 3.63. The fourth-order valence-corrected chi connectivity index (χ4v) is 5.97. The van der Waals surface area contributed by atoms with Crippen molar-refractivity contribution in [1.29, 1.82) is 0 Å². The van der Waals surface area contributed by atoms with Crippen molar-refractivity contribution >= 4 is 14.3 Å². The normalized spacial score (nSPS) is 13.1. The second-order valence-corrected chi connectivity index (χ2v) is 9.50. The maximum atomic E-state index is 11.8. The van der Waals surface area contributed by atoms with E-state index in [9.17, 15) is 4.79 Å². The number of rotatable bonds is 10. The number of carbonyl (C=O) groups is 1. The van der Waals surface area contributed by atoms with E-state index in [0.29, 0.717) is 12.2 Å². The molecule has 0 aromatic carbocycles. The quantitative estimate of drug-likeness (QED) is 0.342. The van der Waals surface area contributed by atoms with Crippen LogP contribution in [-0.2, 0) is 14.0 Å². The van der Waals surface area contributed by atoms with Gasteiger partial charge in [-0.2, -0.15) is 0 Å². The highest BCUT2D eigenvalue weighted by Crippen LogP contribution is 2.27. The topological polar surface area (TPSA) is 35.5 Å². The lowest BCUT2D eigenvalue weighted by Gasteiger charge is -2.36. The van der Waals surface area contributed by atoms with Gasteiger partial charge in [0, 0.05) is 12.2 Å². The van der Waals surface area contributed by atoms with Crippen LogP contribution in [0.25, 0.3) is 0 Å². The zero-order valence-corrected chi connectivity index (χ0v) is 14.3. The summed E-state index contributed by atoms with van der Waals surface area (Å²) in [5.41, 5.74) is 0.416. The van der Waals surface area contributed by atoms with E-state index in [4.69, 9.17) is 9.16 Å². The van der Waals surface area contributed by atoms with Gasteiger partial charge in [0.1, 0.15) is 5.73 Å². The Morgan fingerprint density at radius 1 is 1.21 bits per heavy atom. The van der Waals surface area contributed by atoms with Crippen LogP contribution in [0.2, 0.25) is 12.1 Å². The van der Waals surface area contributed by atoms with E-state index in [1.54, 1.807) is 6.92 Å². The van der Waals surface area contributed by atoms with Crippen LogP contribution in [0.15, 0.2) is 12.2 Å². The standard InChI is InChI=1S/C15H30O3Si/c1-7-11-12-14(18-15(16)13(5)6)19(9-3,10-4)17-8-2/h14H,5,7-12H2,1-4,6H3. The summed E-state index contributed by atoms with van der Waals surface area (Å²) in [6.45, 7) is 14.5. The highest BCUT2D eigenvalue weighted by atomic mass is 28.4. The highest BCUT2D eigenvalue weighted by molar-refractivity contribution is 6.75. The Balaban J connectivity index is 5.04. The van der Waals surface area contributed by atoms with E-state index in [1.807, 2.05) is 6.92 Å². The monoisotopic (exact) mass is 286 g/mol. The number of carbonyl (C=O) groups excluding carboxylic acids is 1. The maximum absolute atomic E-state index is 11.8. The van der Waals surface area contributed by atoms with E-state index in [0.717, 1.165) is 31.4 Å². The zero-order chi connectivity index (χ0) is 14.9. The summed E-state index contributed by atoms with van der Waals surface area (Å²) in [6.07, 6.45) is 3.07. The molecular weight excluding hydrogens is 256 g/mol. The van der Waals surface area contributed by atoms with Gasteiger partial charge in [0.15, 0.2) is 0 Å². The molecule has 112 valence electrons. The molecular formula is C15H30O3Si. The van der Waals surface area contributed by atoms with Gasteiger partial charge in [-0.05, 0) is 32.4 Å². The second-order valence-electron chi connectivity index (χ2n) is 5.02. The molecule has 19 heavy (non-hydrogen) atoms. The van der Waals surface area contributed by atoms with E-state index < -0.39 is 8.32 Å². The minimum atomic E-state index is -2.00. The smallest absolute Gasteiger partial charge is 0.333 e. The minimum Gasteiger partial charge on any atom is -0.460 e. The van der Waals surface area contributed by atoms with Crippen LogP contribution in [0, 0.1) is 0 Å². The molecule has 0 radical (unpaired) electrons. The van der Waals surface area contributed by atoms with Crippen molar-refractivity contribution < 1.29 is 14.0 Å². The van der Waals surface area contributed by atoms with Gasteiger partial charge in [-0.15, -0.1) is 0 Å². The average Bonchev–Trinajstić information content (AvgIpc) is 2.40. The first-order chi connectivity index (χ1) is 8.97. The first-order valence-corrected chi connectivity index (χ1v) is 9.87. The predicted molar refractivity (Wildman–Crippen MR) is 82.6 cm³/mol. The molecule has 0 N–H and O–H groups in total. The van der Waals surface area contributed by atoms with E-state index in [2.05, 4.69) is 27.4 Å². The van der Waals surface area contributed by atoms with Gasteiger partial charge >= 0.3 is 5.97 Å². The number of hydrogen-bond acceptors (Lipinski definition) is 3. The summed E-state index contributed by atoms with van der Waals surface area (Å²) < 4.78 is 11.8. The average molecular weight is 286 g/mol. The Hall–Kier alpha value is -0.613. The maximum Gasteiger partial charge on any atom is 0.333 e. The van der Waals surface area contributed by atoms with Crippen molar-refractivity contribution in [2.24, 2.45) is 0 Å². The SMILES string of the molecule is C=C(C)C(=O)OC(CCCC)[Si](CC)(CC)OCC. The lowest BCUT2D eigenvalue weighted by Crippen LogP contribution is -2.51. The fraction of sp³-hybridized carbons (Fsp3) is 0.800. The summed E-state index contributed by atoms with van der Waals surface area (Å²) in [6, 6.07) is 1.96. The van der Waals surface area contributed by atoms with Gasteiger partial charge in [0.05, 0.1) is 0 Å². The Morgan fingerprint density at radius 3 is 2.16 bits per heavy atom. The van der Waals surface area contributed by atoms with Crippen molar-refractivity contribution in [3.8, 4) is 0 Å². The molecule has 0 heterocycles. The molecule has 0 bridgehead atoms. The second kappa shape index (κ2) is 9.32. The van der Waals surface area contributed by atoms with Crippen molar-refractivity contribution in [1.82, 2.24) is 0 Å². The molecule has 0 fully saturated rings. The van der Waals surface area contributed by atoms with Crippen molar-refractivity contribution in [3.63, 3.8) is 0 Å². The summed E-state index contributed by atoms with van der Waals surface area (Å²) in [4.78, 5) is 11.8. The lowest BCUT2D eigenvalue weighted by molar-refractivity contribution is -0.142. The van der Waals surface area contributed by atoms with Crippen LogP contribution in [0.1, 0.15) is 53.9 Å². The summed E-state index contributed by atoms with van der Waals surface area (Å²) in [5, 5.41) is 0. The first-order valence-electron chi connectivity index (χ1n) is 7.47. The zero-order valence-electron chi connectivity index (χ0n) is 13.3. The molecule has 1 unspecified atom stereocenters. The van der Waals surface area contributed by atoms with Gasteiger partial charge in [-0.25, -0.2) is 4.79 Å². The Morgan fingerprint density at radius 2 is 1.79 bits per heavy atom. The molecule has 0 aliphatic carbocycles. The number of unbranched alkanes of at least 4 members (excludes halogenated alkanes) is 1. The van der Waals surface area contributed by atoms with Gasteiger partial charge < -0.3 is 9.16 Å². The van der Waals surface area contributed by atoms with E-state index >= 15 is 0 Å². The van der Waals surface area contributed by atoms with Crippen LogP contribution in [0.5, 0.6) is 0 Å². The number of hydrogen-bond donors (Lipinski definition) is 0. The molecule has 0 aliphatic heterocycles. The van der Waals surface area contributed by atoms with Gasteiger partial charge in [-0.3, -0.25) is 0 Å². The van der Waals surface area contributed by atoms with E-state index in [-0.39, 0.29) is 11.7 Å². The largest absolute Gasteiger partial charge is 0.460 e. The molecule has 0 saturated heterocycles. The molecule has 0 spiro atoms. The van der Waals surface area contributed by atoms with Gasteiger partial charge in [-0.1, -0.05) is 40.2 Å². The fourth-order valence-electron chi connectivity index (χ4n) is 2.34. The van der Waals surface area contributed by atoms with Crippen LogP contribution in [0.4, 0.5) is 0 Å². The van der Waals surface area contributed by atoms with Crippen molar-refractivity contribution in [2.45, 2.75) is 71.7 Å². The summed E-state index contributed by atoms with van der Waals surface area (Å²) >= 11 is 0. The molecule has 3 nitrogen and oxygen atoms in total. The molecule has 0 amide bonds. The first kappa shape index (κ1) is 18.4. The van der Waals surface area contributed by atoms with Crippen molar-refractivity contribution in [3.05, 3.63) is 12.2 Å². The summed E-state index contributed by atoms with van der Waals surface area (Å²) in [7, 11) is -2.00. The minimum absolute atomic E-state index is 0.0494. The van der Waals surface area contributed by atoms with E-state index in [1.165, 1.54) is 0 Å². The molecule has 0 aromatic heterocycles. The number of ether oxygens (including phenoxy) is 1. The molecule has 0 aromatic rings. The van der Waals surface area contributed by atoms with Crippen LogP contribution >= 0.6 is 0 Å². The number of esters is 1. The van der Waals surface area contributed by atoms with Crippen LogP contribution < -0.4 is 0 Å². The molecule has 4 heteroatoms. The Kier molecular flexibility index (Phi) is 9.02. The third kappa shape index (κ3) is 5.49. The molecule has 0 saturated carbocycles. The summed E-state index contributed by atoms with van der Waals surface area (Å²) in [5.74, 6) is -0.278. The highest BCUT2D eigenvalue weighted by Gasteiger charge is 2.42. The molecule has 0 aliphatic rings. The van der Waals surface area contributed by atoms with Gasteiger partial charge in [0.25, 0.3) is 0 Å². The van der Waals surface area contributed by atoms with Crippen molar-refractivity contribution in [2.75, 3.05) is 6.61 Å². The van der Waals surface area contributed by atoms with Gasteiger partial charge in [0.2, 0.25) is 8.32 Å². The molecule has 1 atom stereocenters. The predicted octanol–water partition coefficient (Wildman–Crippen LogP) is 4.23. The van der Waals surface area contributed by atoms with Crippen LogP contribution in [-0.4, -0.2) is 26.6 Å². The lowest BCUT2D eigenvalue weighted by atomic mass is 10.2. The Bertz CT molecular complexity index is 285. The molecule has 0 rings (SSSR count). The Labute approximate surface area is 119 Å². The van der Waals surface area contributed by atoms with Crippen LogP contribution in [0.3, 0.4) is 0 Å².